The van der Waals surface area contributed by atoms with Gasteiger partial charge in [0.15, 0.2) is 0 Å². The number of benzene rings is 2. The highest BCUT2D eigenvalue weighted by atomic mass is 16.2. The Labute approximate surface area is 176 Å². The van der Waals surface area contributed by atoms with Gasteiger partial charge in [-0.1, -0.05) is 31.2 Å². The van der Waals surface area contributed by atoms with Crippen molar-refractivity contribution in [3.63, 3.8) is 0 Å². The Kier molecular flexibility index (Phi) is 5.84. The zero-order valence-corrected chi connectivity index (χ0v) is 17.6. The summed E-state index contributed by atoms with van der Waals surface area (Å²) >= 11 is 0. The third-order valence-corrected chi connectivity index (χ3v) is 5.86. The van der Waals surface area contributed by atoms with Gasteiger partial charge >= 0.3 is 0 Å². The Balaban J connectivity index is 1.29. The fraction of sp³-hybridized carbons (Fsp3) is 0.375. The van der Waals surface area contributed by atoms with Crippen molar-refractivity contribution in [1.29, 1.82) is 0 Å². The molecule has 0 saturated carbocycles. The Morgan fingerprint density at radius 3 is 2.70 bits per heavy atom. The van der Waals surface area contributed by atoms with Gasteiger partial charge in [0.1, 0.15) is 5.82 Å². The first-order chi connectivity index (χ1) is 14.6. The molecule has 1 aliphatic rings. The van der Waals surface area contributed by atoms with Crippen LogP contribution in [0.2, 0.25) is 0 Å². The van der Waals surface area contributed by atoms with E-state index >= 15 is 0 Å². The average molecular weight is 405 g/mol. The molecule has 0 aliphatic carbocycles. The topological polar surface area (TPSA) is 67.2 Å². The Morgan fingerprint density at radius 1 is 1.17 bits per heavy atom. The number of hydrogen-bond donors (Lipinski definition) is 1. The van der Waals surface area contributed by atoms with E-state index in [1.165, 1.54) is 5.56 Å². The van der Waals surface area contributed by atoms with Crippen LogP contribution in [-0.2, 0) is 22.6 Å². The second-order valence-electron chi connectivity index (χ2n) is 7.87. The van der Waals surface area contributed by atoms with Crippen molar-refractivity contribution in [1.82, 2.24) is 14.9 Å². The quantitative estimate of drug-likeness (QED) is 0.613. The van der Waals surface area contributed by atoms with Gasteiger partial charge in [0, 0.05) is 31.7 Å². The molecule has 4 rings (SSSR count). The largest absolute Gasteiger partial charge is 0.356 e. The Hall–Kier alpha value is -3.15. The van der Waals surface area contributed by atoms with Crippen molar-refractivity contribution in [2.24, 2.45) is 5.92 Å². The summed E-state index contributed by atoms with van der Waals surface area (Å²) in [6.07, 6.45) is 2.05. The van der Waals surface area contributed by atoms with Gasteiger partial charge in [-0.05, 0) is 49.6 Å². The molecule has 1 fully saturated rings. The standard InChI is InChI=1S/C24H28N4O2/c1-3-18-9-11-20(12-10-18)28-16-19(15-23(28)29)24(30)25-13-6-14-27-17(2)26-21-7-4-5-8-22(21)27/h4-5,7-12,19H,3,6,13-16H2,1-2H3,(H,25,30). The van der Waals surface area contributed by atoms with Crippen LogP contribution in [0.3, 0.4) is 0 Å². The van der Waals surface area contributed by atoms with Gasteiger partial charge in [0.05, 0.1) is 17.0 Å². The van der Waals surface area contributed by atoms with E-state index in [4.69, 9.17) is 0 Å². The second kappa shape index (κ2) is 8.69. The number of nitrogens with one attached hydrogen (secondary N) is 1. The minimum absolute atomic E-state index is 0.0138. The van der Waals surface area contributed by atoms with Gasteiger partial charge in [-0.3, -0.25) is 9.59 Å². The van der Waals surface area contributed by atoms with Gasteiger partial charge < -0.3 is 14.8 Å². The van der Waals surface area contributed by atoms with Gasteiger partial charge in [-0.2, -0.15) is 0 Å². The van der Waals surface area contributed by atoms with Crippen LogP contribution in [0, 0.1) is 12.8 Å². The molecule has 30 heavy (non-hydrogen) atoms. The predicted octanol–water partition coefficient (Wildman–Crippen LogP) is 3.47. The molecule has 1 aromatic heterocycles. The minimum atomic E-state index is -0.292. The molecule has 1 saturated heterocycles. The van der Waals surface area contributed by atoms with Crippen molar-refractivity contribution in [2.75, 3.05) is 18.0 Å². The van der Waals surface area contributed by atoms with E-state index < -0.39 is 0 Å². The summed E-state index contributed by atoms with van der Waals surface area (Å²) in [5.74, 6) is 0.663. The monoisotopic (exact) mass is 404 g/mol. The summed E-state index contributed by atoms with van der Waals surface area (Å²) in [5.41, 5.74) is 4.22. The van der Waals surface area contributed by atoms with Gasteiger partial charge in [-0.25, -0.2) is 4.98 Å². The van der Waals surface area contributed by atoms with Gasteiger partial charge in [-0.15, -0.1) is 0 Å². The molecule has 1 atom stereocenters. The molecule has 3 aromatic rings. The number of imidazole rings is 1. The van der Waals surface area contributed by atoms with Crippen molar-refractivity contribution in [3.8, 4) is 0 Å². The smallest absolute Gasteiger partial charge is 0.227 e. The molecule has 0 bridgehead atoms. The predicted molar refractivity (Wildman–Crippen MR) is 118 cm³/mol. The summed E-state index contributed by atoms with van der Waals surface area (Å²) in [6.45, 7) is 5.94. The Bertz CT molecular complexity index is 1050. The van der Waals surface area contributed by atoms with Gasteiger partial charge in [0.25, 0.3) is 0 Å². The lowest BCUT2D eigenvalue weighted by Gasteiger charge is -2.17. The molecule has 0 spiro atoms. The fourth-order valence-corrected chi connectivity index (χ4v) is 4.12. The van der Waals surface area contributed by atoms with Crippen LogP contribution in [0.15, 0.2) is 48.5 Å². The number of aryl methyl sites for hydroxylation is 3. The molecule has 156 valence electrons. The van der Waals surface area contributed by atoms with Crippen LogP contribution in [0.25, 0.3) is 11.0 Å². The fourth-order valence-electron chi connectivity index (χ4n) is 4.12. The molecular formula is C24H28N4O2. The number of carbonyl (C=O) groups is 2. The number of carbonyl (C=O) groups excluding carboxylic acids is 2. The molecule has 2 amide bonds. The van der Waals surface area contributed by atoms with Crippen LogP contribution in [0.5, 0.6) is 0 Å². The maximum absolute atomic E-state index is 12.6. The van der Waals surface area contributed by atoms with Crippen LogP contribution in [-0.4, -0.2) is 34.5 Å². The van der Waals surface area contributed by atoms with Crippen molar-refractivity contribution in [2.45, 2.75) is 39.7 Å². The number of rotatable bonds is 7. The maximum Gasteiger partial charge on any atom is 0.227 e. The van der Waals surface area contributed by atoms with Crippen molar-refractivity contribution in [3.05, 3.63) is 59.9 Å². The first kappa shape index (κ1) is 20.1. The first-order valence-corrected chi connectivity index (χ1v) is 10.7. The molecule has 1 N–H and O–H groups in total. The van der Waals surface area contributed by atoms with Crippen LogP contribution in [0.1, 0.15) is 31.2 Å². The average Bonchev–Trinajstić information content (AvgIpc) is 3.30. The maximum atomic E-state index is 12.6. The highest BCUT2D eigenvalue weighted by molar-refractivity contribution is 6.00. The highest BCUT2D eigenvalue weighted by Crippen LogP contribution is 2.25. The lowest BCUT2D eigenvalue weighted by Crippen LogP contribution is -2.33. The van der Waals surface area contributed by atoms with E-state index in [0.717, 1.165) is 41.9 Å². The van der Waals surface area contributed by atoms with Gasteiger partial charge in [0.2, 0.25) is 11.8 Å². The Morgan fingerprint density at radius 2 is 1.93 bits per heavy atom. The molecule has 1 unspecified atom stereocenters. The van der Waals surface area contributed by atoms with E-state index in [2.05, 4.69) is 27.9 Å². The summed E-state index contributed by atoms with van der Waals surface area (Å²) in [5, 5.41) is 3.01. The molecular weight excluding hydrogens is 376 g/mol. The molecule has 2 aromatic carbocycles. The number of fused-ring (bicyclic) bond motifs is 1. The first-order valence-electron chi connectivity index (χ1n) is 10.7. The number of amides is 2. The lowest BCUT2D eigenvalue weighted by atomic mass is 10.1. The third kappa shape index (κ3) is 4.08. The number of anilines is 1. The zero-order chi connectivity index (χ0) is 21.1. The number of para-hydroxylation sites is 2. The number of nitrogens with zero attached hydrogens (tertiary/aromatic N) is 3. The van der Waals surface area contributed by atoms with E-state index in [1.807, 2.05) is 49.4 Å². The van der Waals surface area contributed by atoms with E-state index in [9.17, 15) is 9.59 Å². The molecule has 2 heterocycles. The summed E-state index contributed by atoms with van der Waals surface area (Å²) in [6, 6.07) is 16.1. The van der Waals surface area contributed by atoms with E-state index in [1.54, 1.807) is 4.90 Å². The number of aromatic nitrogens is 2. The molecule has 6 nitrogen and oxygen atoms in total. The zero-order valence-electron chi connectivity index (χ0n) is 17.6. The van der Waals surface area contributed by atoms with Crippen LogP contribution < -0.4 is 10.2 Å². The van der Waals surface area contributed by atoms with Crippen LogP contribution in [0.4, 0.5) is 5.69 Å². The third-order valence-electron chi connectivity index (χ3n) is 5.86. The van der Waals surface area contributed by atoms with Crippen molar-refractivity contribution >= 4 is 28.5 Å². The molecule has 0 radical (unpaired) electrons. The minimum Gasteiger partial charge on any atom is -0.356 e. The second-order valence-corrected chi connectivity index (χ2v) is 7.87. The summed E-state index contributed by atoms with van der Waals surface area (Å²) in [7, 11) is 0. The van der Waals surface area contributed by atoms with Crippen LogP contribution >= 0.6 is 0 Å². The molecule has 1 aliphatic heterocycles. The summed E-state index contributed by atoms with van der Waals surface area (Å²) < 4.78 is 2.18. The van der Waals surface area contributed by atoms with E-state index in [0.29, 0.717) is 13.1 Å². The normalized spacial score (nSPS) is 16.4. The molecule has 6 heteroatoms. The van der Waals surface area contributed by atoms with E-state index in [-0.39, 0.29) is 24.2 Å². The lowest BCUT2D eigenvalue weighted by molar-refractivity contribution is -0.126. The SMILES string of the molecule is CCc1ccc(N2CC(C(=O)NCCCn3c(C)nc4ccccc43)CC2=O)cc1. The number of hydrogen-bond acceptors (Lipinski definition) is 3. The summed E-state index contributed by atoms with van der Waals surface area (Å²) in [4.78, 5) is 31.3. The highest BCUT2D eigenvalue weighted by Gasteiger charge is 2.34. The van der Waals surface area contributed by atoms with Crippen molar-refractivity contribution < 1.29 is 9.59 Å².